The highest BCUT2D eigenvalue weighted by Crippen LogP contribution is 2.32. The second-order valence-electron chi connectivity index (χ2n) is 8.85. The third kappa shape index (κ3) is 3.84. The van der Waals surface area contributed by atoms with Crippen LogP contribution in [0.25, 0.3) is 5.69 Å². The molecule has 2 aliphatic rings. The SMILES string of the molecule is Cc1ccccc1-n1nc(C(=O)N2CSCC2C(=O)Nc2cccc(C)c2C)c2c1CCC2. The summed E-state index contributed by atoms with van der Waals surface area (Å²) in [5.41, 5.74) is 7.76. The van der Waals surface area contributed by atoms with E-state index in [0.29, 0.717) is 17.3 Å². The van der Waals surface area contributed by atoms with Gasteiger partial charge in [-0.3, -0.25) is 9.59 Å². The minimum Gasteiger partial charge on any atom is -0.324 e. The summed E-state index contributed by atoms with van der Waals surface area (Å²) < 4.78 is 1.94. The van der Waals surface area contributed by atoms with Crippen LogP contribution in [0.15, 0.2) is 42.5 Å². The number of hydrogen-bond acceptors (Lipinski definition) is 4. The number of thioether (sulfide) groups is 1. The van der Waals surface area contributed by atoms with Gasteiger partial charge in [0.15, 0.2) is 5.69 Å². The first kappa shape index (κ1) is 21.8. The number of carbonyl (C=O) groups is 2. The standard InChI is InChI=1S/C26H28N4O2S/c1-16-9-6-11-20(18(16)3)27-25(31)23-14-33-15-29(23)26(32)24-19-10-7-13-22(19)30(28-24)21-12-5-4-8-17(21)2/h4-6,8-9,11-12,23H,7,10,13-15H2,1-3H3,(H,27,31). The highest BCUT2D eigenvalue weighted by atomic mass is 32.2. The average molecular weight is 461 g/mol. The number of carbonyl (C=O) groups excluding carboxylic acids is 2. The van der Waals surface area contributed by atoms with Crippen LogP contribution >= 0.6 is 11.8 Å². The summed E-state index contributed by atoms with van der Waals surface area (Å²) in [4.78, 5) is 28.6. The number of nitrogens with one attached hydrogen (secondary N) is 1. The first-order chi connectivity index (χ1) is 16.0. The van der Waals surface area contributed by atoms with Crippen molar-refractivity contribution in [3.63, 3.8) is 0 Å². The molecule has 1 aliphatic heterocycles. The number of hydrogen-bond donors (Lipinski definition) is 1. The van der Waals surface area contributed by atoms with Crippen LogP contribution in [-0.4, -0.2) is 44.2 Å². The van der Waals surface area contributed by atoms with Gasteiger partial charge in [0.2, 0.25) is 5.91 Å². The van der Waals surface area contributed by atoms with Crippen LogP contribution in [-0.2, 0) is 17.6 Å². The molecule has 0 radical (unpaired) electrons. The maximum absolute atomic E-state index is 13.7. The third-order valence-electron chi connectivity index (χ3n) is 6.78. The Hall–Kier alpha value is -3.06. The Morgan fingerprint density at radius 3 is 2.64 bits per heavy atom. The van der Waals surface area contributed by atoms with Crippen molar-refractivity contribution in [1.82, 2.24) is 14.7 Å². The van der Waals surface area contributed by atoms with Gasteiger partial charge in [0.05, 0.1) is 11.6 Å². The van der Waals surface area contributed by atoms with Crippen LogP contribution in [0.3, 0.4) is 0 Å². The summed E-state index contributed by atoms with van der Waals surface area (Å²) in [6.45, 7) is 6.08. The molecule has 1 atom stereocenters. The lowest BCUT2D eigenvalue weighted by atomic mass is 10.1. The summed E-state index contributed by atoms with van der Waals surface area (Å²) >= 11 is 1.61. The first-order valence-electron chi connectivity index (χ1n) is 11.4. The molecule has 170 valence electrons. The van der Waals surface area contributed by atoms with Crippen molar-refractivity contribution in [3.05, 3.63) is 76.1 Å². The lowest BCUT2D eigenvalue weighted by Crippen LogP contribution is -2.45. The smallest absolute Gasteiger partial charge is 0.276 e. The molecule has 5 rings (SSSR count). The summed E-state index contributed by atoms with van der Waals surface area (Å²) in [7, 11) is 0. The Kier molecular flexibility index (Phi) is 5.74. The van der Waals surface area contributed by atoms with E-state index in [1.165, 1.54) is 0 Å². The fraction of sp³-hybridized carbons (Fsp3) is 0.346. The van der Waals surface area contributed by atoms with E-state index in [9.17, 15) is 9.59 Å². The van der Waals surface area contributed by atoms with Crippen LogP contribution < -0.4 is 5.32 Å². The molecule has 6 nitrogen and oxygen atoms in total. The van der Waals surface area contributed by atoms with E-state index < -0.39 is 6.04 Å². The number of aromatic nitrogens is 2. The van der Waals surface area contributed by atoms with E-state index in [4.69, 9.17) is 5.10 Å². The molecule has 1 aliphatic carbocycles. The topological polar surface area (TPSA) is 67.2 Å². The third-order valence-corrected chi connectivity index (χ3v) is 7.80. The molecule has 1 saturated heterocycles. The number of fused-ring (bicyclic) bond motifs is 1. The van der Waals surface area contributed by atoms with Crippen LogP contribution in [0.5, 0.6) is 0 Å². The normalized spacial score (nSPS) is 17.3. The number of benzene rings is 2. The number of rotatable bonds is 4. The summed E-state index contributed by atoms with van der Waals surface area (Å²) in [6.07, 6.45) is 2.78. The molecular weight excluding hydrogens is 432 g/mol. The minimum absolute atomic E-state index is 0.142. The largest absolute Gasteiger partial charge is 0.324 e. The molecule has 2 heterocycles. The second-order valence-corrected chi connectivity index (χ2v) is 9.85. The van der Waals surface area contributed by atoms with Gasteiger partial charge in [0.1, 0.15) is 6.04 Å². The molecule has 0 saturated carbocycles. The molecule has 7 heteroatoms. The summed E-state index contributed by atoms with van der Waals surface area (Å²) in [5.74, 6) is 0.794. The molecule has 1 unspecified atom stereocenters. The monoisotopic (exact) mass is 460 g/mol. The maximum atomic E-state index is 13.7. The lowest BCUT2D eigenvalue weighted by molar-refractivity contribution is -0.119. The predicted molar refractivity (Wildman–Crippen MR) is 132 cm³/mol. The fourth-order valence-corrected chi connectivity index (χ4v) is 5.86. The number of anilines is 1. The van der Waals surface area contributed by atoms with Crippen molar-refractivity contribution >= 4 is 29.3 Å². The van der Waals surface area contributed by atoms with Gasteiger partial charge in [-0.05, 0) is 68.9 Å². The Labute approximate surface area is 198 Å². The summed E-state index contributed by atoms with van der Waals surface area (Å²) in [5, 5.41) is 7.84. The van der Waals surface area contributed by atoms with Gasteiger partial charge < -0.3 is 10.2 Å². The van der Waals surface area contributed by atoms with Gasteiger partial charge in [-0.2, -0.15) is 5.10 Å². The molecule has 3 aromatic rings. The molecular formula is C26H28N4O2S. The molecule has 0 bridgehead atoms. The Bertz CT molecular complexity index is 1250. The Morgan fingerprint density at radius 2 is 1.82 bits per heavy atom. The zero-order valence-electron chi connectivity index (χ0n) is 19.2. The molecule has 2 amide bonds. The quantitative estimate of drug-likeness (QED) is 0.625. The molecule has 1 N–H and O–H groups in total. The van der Waals surface area contributed by atoms with Crippen molar-refractivity contribution in [1.29, 1.82) is 0 Å². The van der Waals surface area contributed by atoms with E-state index >= 15 is 0 Å². The zero-order valence-corrected chi connectivity index (χ0v) is 20.0. The molecule has 1 fully saturated rings. The minimum atomic E-state index is -0.511. The van der Waals surface area contributed by atoms with Gasteiger partial charge in [-0.1, -0.05) is 30.3 Å². The number of para-hydroxylation sites is 1. The molecule has 0 spiro atoms. The van der Waals surface area contributed by atoms with Gasteiger partial charge in [0, 0.05) is 22.7 Å². The number of aryl methyl sites for hydroxylation is 2. The zero-order chi connectivity index (χ0) is 23.1. The van der Waals surface area contributed by atoms with E-state index in [1.807, 2.05) is 54.9 Å². The van der Waals surface area contributed by atoms with Crippen molar-refractivity contribution in [2.45, 2.75) is 46.1 Å². The lowest BCUT2D eigenvalue weighted by Gasteiger charge is -2.23. The van der Waals surface area contributed by atoms with E-state index in [-0.39, 0.29) is 11.8 Å². The Balaban J connectivity index is 1.43. The second kappa shape index (κ2) is 8.71. The van der Waals surface area contributed by atoms with Crippen LogP contribution in [0.2, 0.25) is 0 Å². The van der Waals surface area contributed by atoms with Crippen molar-refractivity contribution in [2.24, 2.45) is 0 Å². The molecule has 1 aromatic heterocycles. The van der Waals surface area contributed by atoms with Gasteiger partial charge in [0.25, 0.3) is 5.91 Å². The fourth-order valence-electron chi connectivity index (χ4n) is 4.71. The van der Waals surface area contributed by atoms with E-state index in [2.05, 4.69) is 18.3 Å². The van der Waals surface area contributed by atoms with Gasteiger partial charge >= 0.3 is 0 Å². The van der Waals surface area contributed by atoms with Gasteiger partial charge in [-0.15, -0.1) is 11.8 Å². The van der Waals surface area contributed by atoms with Crippen molar-refractivity contribution in [3.8, 4) is 5.69 Å². The average Bonchev–Trinajstić information content (AvgIpc) is 3.53. The Morgan fingerprint density at radius 1 is 1.03 bits per heavy atom. The van der Waals surface area contributed by atoms with Gasteiger partial charge in [-0.25, -0.2) is 4.68 Å². The highest BCUT2D eigenvalue weighted by molar-refractivity contribution is 7.99. The summed E-state index contributed by atoms with van der Waals surface area (Å²) in [6, 6.07) is 13.5. The van der Waals surface area contributed by atoms with Crippen molar-refractivity contribution < 1.29 is 9.59 Å². The highest BCUT2D eigenvalue weighted by Gasteiger charge is 2.38. The van der Waals surface area contributed by atoms with Crippen LogP contribution in [0.4, 0.5) is 5.69 Å². The predicted octanol–water partition coefficient (Wildman–Crippen LogP) is 4.44. The molecule has 2 aromatic carbocycles. The van der Waals surface area contributed by atoms with E-state index in [1.54, 1.807) is 16.7 Å². The van der Waals surface area contributed by atoms with E-state index in [0.717, 1.165) is 58.6 Å². The maximum Gasteiger partial charge on any atom is 0.276 e. The van der Waals surface area contributed by atoms with Crippen LogP contribution in [0, 0.1) is 20.8 Å². The first-order valence-corrected chi connectivity index (χ1v) is 12.5. The molecule has 33 heavy (non-hydrogen) atoms. The van der Waals surface area contributed by atoms with Crippen LogP contribution in [0.1, 0.15) is 44.9 Å². The van der Waals surface area contributed by atoms with Crippen molar-refractivity contribution in [2.75, 3.05) is 16.9 Å². The number of amides is 2. The number of nitrogens with zero attached hydrogens (tertiary/aromatic N) is 3.